The van der Waals surface area contributed by atoms with Gasteiger partial charge in [-0.3, -0.25) is 4.90 Å². The van der Waals surface area contributed by atoms with Crippen molar-refractivity contribution in [3.8, 4) is 11.5 Å². The zero-order valence-corrected chi connectivity index (χ0v) is 17.8. The predicted molar refractivity (Wildman–Crippen MR) is 110 cm³/mol. The SMILES string of the molecule is CCOc1cc(CN2CCC(Nc3ncc(C(=O)O)c(C(F)(F)F)n3)CC2)ccc1OC. The number of carboxylic acids is 1. The Morgan fingerprint density at radius 3 is 2.59 bits per heavy atom. The Morgan fingerprint density at radius 1 is 1.28 bits per heavy atom. The van der Waals surface area contributed by atoms with Gasteiger partial charge in [-0.1, -0.05) is 6.07 Å². The number of hydrogen-bond acceptors (Lipinski definition) is 7. The van der Waals surface area contributed by atoms with Gasteiger partial charge in [0.05, 0.1) is 13.7 Å². The molecular formula is C21H25F3N4O4. The molecule has 2 heterocycles. The third-order valence-corrected chi connectivity index (χ3v) is 5.14. The number of methoxy groups -OCH3 is 1. The highest BCUT2D eigenvalue weighted by atomic mass is 19.4. The van der Waals surface area contributed by atoms with E-state index in [2.05, 4.69) is 20.2 Å². The Balaban J connectivity index is 1.60. The molecule has 1 aromatic carbocycles. The number of piperidine rings is 1. The summed E-state index contributed by atoms with van der Waals surface area (Å²) in [5.41, 5.74) is -1.35. The molecule has 0 atom stereocenters. The molecule has 0 bridgehead atoms. The number of aromatic nitrogens is 2. The first-order chi connectivity index (χ1) is 15.2. The molecule has 3 rings (SSSR count). The van der Waals surface area contributed by atoms with Gasteiger partial charge in [0.1, 0.15) is 5.56 Å². The molecule has 0 spiro atoms. The van der Waals surface area contributed by atoms with E-state index in [1.165, 1.54) is 0 Å². The Labute approximate surface area is 183 Å². The van der Waals surface area contributed by atoms with E-state index < -0.39 is 23.4 Å². The number of nitrogens with one attached hydrogen (secondary N) is 1. The van der Waals surface area contributed by atoms with Crippen molar-refractivity contribution in [2.45, 2.75) is 38.5 Å². The van der Waals surface area contributed by atoms with Gasteiger partial charge in [0, 0.05) is 31.9 Å². The summed E-state index contributed by atoms with van der Waals surface area (Å²) in [4.78, 5) is 20.4. The average molecular weight is 454 g/mol. The molecule has 1 aliphatic rings. The molecule has 0 aliphatic carbocycles. The second-order valence-electron chi connectivity index (χ2n) is 7.37. The van der Waals surface area contributed by atoms with Crippen molar-refractivity contribution in [3.05, 3.63) is 41.2 Å². The summed E-state index contributed by atoms with van der Waals surface area (Å²) in [6, 6.07) is 5.67. The maximum atomic E-state index is 13.1. The molecule has 1 saturated heterocycles. The first kappa shape index (κ1) is 23.6. The highest BCUT2D eigenvalue weighted by molar-refractivity contribution is 5.88. The predicted octanol–water partition coefficient (Wildman–Crippen LogP) is 3.68. The van der Waals surface area contributed by atoms with Crippen LogP contribution in [0.4, 0.5) is 19.1 Å². The van der Waals surface area contributed by atoms with Crippen LogP contribution in [-0.2, 0) is 12.7 Å². The van der Waals surface area contributed by atoms with Gasteiger partial charge in [-0.25, -0.2) is 14.8 Å². The second kappa shape index (κ2) is 10.0. The van der Waals surface area contributed by atoms with Crippen molar-refractivity contribution in [3.63, 3.8) is 0 Å². The first-order valence-electron chi connectivity index (χ1n) is 10.2. The number of likely N-dealkylation sites (tertiary alicyclic amines) is 1. The van der Waals surface area contributed by atoms with Crippen LogP contribution in [0.15, 0.2) is 24.4 Å². The fourth-order valence-electron chi connectivity index (χ4n) is 3.59. The van der Waals surface area contributed by atoms with E-state index in [9.17, 15) is 18.0 Å². The summed E-state index contributed by atoms with van der Waals surface area (Å²) in [7, 11) is 1.59. The number of benzene rings is 1. The van der Waals surface area contributed by atoms with Crippen LogP contribution in [0.25, 0.3) is 0 Å². The van der Waals surface area contributed by atoms with Gasteiger partial charge in [0.2, 0.25) is 5.95 Å². The van der Waals surface area contributed by atoms with Crippen LogP contribution in [-0.4, -0.2) is 58.8 Å². The van der Waals surface area contributed by atoms with E-state index in [4.69, 9.17) is 14.6 Å². The van der Waals surface area contributed by atoms with E-state index >= 15 is 0 Å². The largest absolute Gasteiger partial charge is 0.493 e. The number of nitrogens with zero attached hydrogens (tertiary/aromatic N) is 3. The Hall–Kier alpha value is -3.08. The van der Waals surface area contributed by atoms with E-state index in [0.29, 0.717) is 43.7 Å². The molecule has 8 nitrogen and oxygen atoms in total. The summed E-state index contributed by atoms with van der Waals surface area (Å²) in [5, 5.41) is 11.9. The molecule has 0 saturated carbocycles. The molecule has 0 amide bonds. The smallest absolute Gasteiger partial charge is 0.434 e. The summed E-state index contributed by atoms with van der Waals surface area (Å²) in [6.45, 7) is 4.60. The number of carboxylic acid groups (broad SMARTS) is 1. The van der Waals surface area contributed by atoms with Gasteiger partial charge in [-0.2, -0.15) is 13.2 Å². The lowest BCUT2D eigenvalue weighted by molar-refractivity contribution is -0.141. The van der Waals surface area contributed by atoms with Crippen LogP contribution in [0.3, 0.4) is 0 Å². The summed E-state index contributed by atoms with van der Waals surface area (Å²) >= 11 is 0. The van der Waals surface area contributed by atoms with Gasteiger partial charge in [0.25, 0.3) is 0 Å². The van der Waals surface area contributed by atoms with Crippen molar-refractivity contribution in [1.82, 2.24) is 14.9 Å². The highest BCUT2D eigenvalue weighted by Crippen LogP contribution is 2.31. The molecule has 1 aliphatic heterocycles. The van der Waals surface area contributed by atoms with Crippen molar-refractivity contribution in [1.29, 1.82) is 0 Å². The molecule has 0 unspecified atom stereocenters. The number of anilines is 1. The van der Waals surface area contributed by atoms with E-state index in [1.807, 2.05) is 25.1 Å². The molecular weight excluding hydrogens is 429 g/mol. The summed E-state index contributed by atoms with van der Waals surface area (Å²) < 4.78 is 50.4. The minimum atomic E-state index is -4.88. The van der Waals surface area contributed by atoms with Crippen LogP contribution in [0.5, 0.6) is 11.5 Å². The molecule has 174 valence electrons. The summed E-state index contributed by atoms with van der Waals surface area (Å²) in [6.07, 6.45) is -2.83. The van der Waals surface area contributed by atoms with E-state index in [-0.39, 0.29) is 12.0 Å². The second-order valence-corrected chi connectivity index (χ2v) is 7.37. The molecule has 0 radical (unpaired) electrons. The van der Waals surface area contributed by atoms with E-state index in [1.54, 1.807) is 7.11 Å². The van der Waals surface area contributed by atoms with Crippen molar-refractivity contribution >= 4 is 11.9 Å². The van der Waals surface area contributed by atoms with Crippen LogP contribution in [0.1, 0.15) is 41.4 Å². The highest BCUT2D eigenvalue weighted by Gasteiger charge is 2.38. The van der Waals surface area contributed by atoms with Crippen molar-refractivity contribution in [2.75, 3.05) is 32.1 Å². The Morgan fingerprint density at radius 2 is 2.00 bits per heavy atom. The Bertz CT molecular complexity index is 947. The molecule has 2 aromatic rings. The summed E-state index contributed by atoms with van der Waals surface area (Å²) in [5.74, 6) is -0.586. The first-order valence-corrected chi connectivity index (χ1v) is 10.2. The average Bonchev–Trinajstić information content (AvgIpc) is 2.75. The number of halogens is 3. The number of ether oxygens (including phenoxy) is 2. The lowest BCUT2D eigenvalue weighted by Gasteiger charge is -2.32. The van der Waals surface area contributed by atoms with Gasteiger partial charge in [0.15, 0.2) is 17.2 Å². The number of hydrogen-bond donors (Lipinski definition) is 2. The number of aromatic carboxylic acids is 1. The van der Waals surface area contributed by atoms with Gasteiger partial charge < -0.3 is 19.9 Å². The Kier molecular flexibility index (Phi) is 7.39. The van der Waals surface area contributed by atoms with Crippen molar-refractivity contribution in [2.24, 2.45) is 0 Å². The van der Waals surface area contributed by atoms with Gasteiger partial charge in [-0.15, -0.1) is 0 Å². The van der Waals surface area contributed by atoms with Crippen molar-refractivity contribution < 1.29 is 32.5 Å². The lowest BCUT2D eigenvalue weighted by atomic mass is 10.0. The van der Waals surface area contributed by atoms with E-state index in [0.717, 1.165) is 18.7 Å². The fourth-order valence-corrected chi connectivity index (χ4v) is 3.59. The third-order valence-electron chi connectivity index (χ3n) is 5.14. The third kappa shape index (κ3) is 5.78. The number of rotatable bonds is 8. The number of carbonyl (C=O) groups is 1. The fraction of sp³-hybridized carbons (Fsp3) is 0.476. The number of alkyl halides is 3. The lowest BCUT2D eigenvalue weighted by Crippen LogP contribution is -2.39. The molecule has 32 heavy (non-hydrogen) atoms. The van der Waals surface area contributed by atoms with Gasteiger partial charge in [-0.05, 0) is 37.5 Å². The quantitative estimate of drug-likeness (QED) is 0.624. The molecule has 1 fully saturated rings. The normalized spacial score (nSPS) is 15.4. The molecule has 11 heteroatoms. The van der Waals surface area contributed by atoms with Gasteiger partial charge >= 0.3 is 12.1 Å². The monoisotopic (exact) mass is 454 g/mol. The zero-order valence-electron chi connectivity index (χ0n) is 17.8. The maximum absolute atomic E-state index is 13.1. The topological polar surface area (TPSA) is 96.8 Å². The van der Waals surface area contributed by atoms with Crippen LogP contribution < -0.4 is 14.8 Å². The zero-order chi connectivity index (χ0) is 23.3. The molecule has 1 aromatic heterocycles. The molecule has 2 N–H and O–H groups in total. The van der Waals surface area contributed by atoms with Crippen LogP contribution >= 0.6 is 0 Å². The van der Waals surface area contributed by atoms with Crippen LogP contribution in [0, 0.1) is 0 Å². The maximum Gasteiger partial charge on any atom is 0.434 e. The van der Waals surface area contributed by atoms with Crippen LogP contribution in [0.2, 0.25) is 0 Å². The standard InChI is InChI=1S/C21H25F3N4O4/c1-3-32-17-10-13(4-5-16(17)31-2)12-28-8-6-14(7-9-28)26-20-25-11-15(19(29)30)18(27-20)21(22,23)24/h4-5,10-11,14H,3,6-9,12H2,1-2H3,(H,29,30)(H,25,26,27). The minimum Gasteiger partial charge on any atom is -0.493 e. The minimum absolute atomic E-state index is 0.113.